The van der Waals surface area contributed by atoms with Crippen molar-refractivity contribution in [3.05, 3.63) is 48.6 Å². The molecule has 0 amide bonds. The van der Waals surface area contributed by atoms with Gasteiger partial charge in [-0.15, -0.1) is 6.58 Å². The number of nitrogens with zero attached hydrogens (tertiary/aromatic N) is 1. The normalized spacial score (nSPS) is 28.2. The van der Waals surface area contributed by atoms with Gasteiger partial charge in [-0.25, -0.2) is 0 Å². The summed E-state index contributed by atoms with van der Waals surface area (Å²) in [6, 6.07) is 10.4. The molecule has 0 N–H and O–H groups in total. The van der Waals surface area contributed by atoms with Crippen molar-refractivity contribution in [2.45, 2.75) is 57.9 Å². The molecule has 2 rings (SSSR count). The Morgan fingerprint density at radius 2 is 1.86 bits per heavy atom. The Morgan fingerprint density at radius 3 is 2.43 bits per heavy atom. The zero-order valence-corrected chi connectivity index (χ0v) is 14.1. The Labute approximate surface area is 129 Å². The molecular formula is C19H29NO. The van der Waals surface area contributed by atoms with Gasteiger partial charge in [0.1, 0.15) is 0 Å². The zero-order chi connectivity index (χ0) is 15.7. The van der Waals surface area contributed by atoms with Crippen molar-refractivity contribution >= 4 is 0 Å². The second-order valence-corrected chi connectivity index (χ2v) is 7.35. The van der Waals surface area contributed by atoms with E-state index in [1.807, 2.05) is 6.07 Å². The fourth-order valence-corrected chi connectivity index (χ4v) is 3.61. The Kier molecular flexibility index (Phi) is 4.60. The molecule has 0 bridgehead atoms. The average molecular weight is 287 g/mol. The van der Waals surface area contributed by atoms with E-state index in [9.17, 15) is 0 Å². The van der Waals surface area contributed by atoms with E-state index in [4.69, 9.17) is 4.74 Å². The molecule has 1 aliphatic rings. The third kappa shape index (κ3) is 3.22. The van der Waals surface area contributed by atoms with Crippen LogP contribution in [0.5, 0.6) is 0 Å². The highest BCUT2D eigenvalue weighted by molar-refractivity contribution is 5.14. The first-order chi connectivity index (χ1) is 9.79. The van der Waals surface area contributed by atoms with Gasteiger partial charge in [0.25, 0.3) is 0 Å². The second-order valence-electron chi connectivity index (χ2n) is 7.35. The predicted molar refractivity (Wildman–Crippen MR) is 89.2 cm³/mol. The molecule has 1 aromatic rings. The Balaban J connectivity index is 2.17. The standard InChI is InChI=1S/C19H29NO/c1-7-16-13-18(2,3)20(6)19(4,5)17(16)21-14-15-11-9-8-10-12-15/h7-12,16-17H,1,13-14H2,2-6H3. The van der Waals surface area contributed by atoms with Gasteiger partial charge in [0.15, 0.2) is 0 Å². The lowest BCUT2D eigenvalue weighted by molar-refractivity contribution is -0.144. The van der Waals surface area contributed by atoms with Crippen LogP contribution in [0.4, 0.5) is 0 Å². The molecule has 0 aliphatic carbocycles. The molecule has 21 heavy (non-hydrogen) atoms. The van der Waals surface area contributed by atoms with Crippen molar-refractivity contribution in [3.63, 3.8) is 0 Å². The molecular weight excluding hydrogens is 258 g/mol. The summed E-state index contributed by atoms with van der Waals surface area (Å²) in [6.45, 7) is 13.9. The maximum absolute atomic E-state index is 6.34. The molecule has 0 radical (unpaired) electrons. The van der Waals surface area contributed by atoms with Gasteiger partial charge in [0, 0.05) is 17.0 Å². The topological polar surface area (TPSA) is 12.5 Å². The zero-order valence-electron chi connectivity index (χ0n) is 14.1. The maximum Gasteiger partial charge on any atom is 0.0820 e. The van der Waals surface area contributed by atoms with Crippen LogP contribution >= 0.6 is 0 Å². The third-order valence-electron chi connectivity index (χ3n) is 5.17. The van der Waals surface area contributed by atoms with Crippen LogP contribution in [0.25, 0.3) is 0 Å². The van der Waals surface area contributed by atoms with E-state index < -0.39 is 0 Å². The van der Waals surface area contributed by atoms with E-state index in [0.29, 0.717) is 12.5 Å². The second kappa shape index (κ2) is 5.94. The molecule has 0 spiro atoms. The SMILES string of the molecule is C=CC1CC(C)(C)N(C)C(C)(C)C1OCc1ccccc1. The number of piperidine rings is 1. The first-order valence-electron chi connectivity index (χ1n) is 7.81. The highest BCUT2D eigenvalue weighted by Gasteiger charge is 2.49. The van der Waals surface area contributed by atoms with Crippen LogP contribution in [0.3, 0.4) is 0 Å². The number of likely N-dealkylation sites (tertiary alicyclic amines) is 1. The lowest BCUT2D eigenvalue weighted by Crippen LogP contribution is -2.66. The molecule has 0 saturated carbocycles. The molecule has 2 heteroatoms. The van der Waals surface area contributed by atoms with E-state index in [2.05, 4.69) is 76.6 Å². The van der Waals surface area contributed by atoms with Crippen LogP contribution < -0.4 is 0 Å². The van der Waals surface area contributed by atoms with Crippen LogP contribution in [0.1, 0.15) is 39.7 Å². The van der Waals surface area contributed by atoms with Gasteiger partial charge in [-0.05, 0) is 46.7 Å². The number of likely N-dealkylation sites (N-methyl/N-ethyl adjacent to an activating group) is 1. The summed E-state index contributed by atoms with van der Waals surface area (Å²) in [5, 5.41) is 0. The fraction of sp³-hybridized carbons (Fsp3) is 0.579. The first kappa shape index (κ1) is 16.3. The van der Waals surface area contributed by atoms with E-state index in [0.717, 1.165) is 6.42 Å². The lowest BCUT2D eigenvalue weighted by atomic mass is 9.72. The third-order valence-corrected chi connectivity index (χ3v) is 5.17. The minimum Gasteiger partial charge on any atom is -0.371 e. The van der Waals surface area contributed by atoms with E-state index in [1.54, 1.807) is 0 Å². The van der Waals surface area contributed by atoms with Gasteiger partial charge in [0.05, 0.1) is 12.7 Å². The molecule has 116 valence electrons. The largest absolute Gasteiger partial charge is 0.371 e. The Hall–Kier alpha value is -1.12. The summed E-state index contributed by atoms with van der Waals surface area (Å²) in [5.74, 6) is 0.384. The smallest absolute Gasteiger partial charge is 0.0820 e. The van der Waals surface area contributed by atoms with Crippen molar-refractivity contribution in [2.24, 2.45) is 5.92 Å². The number of rotatable bonds is 4. The summed E-state index contributed by atoms with van der Waals surface area (Å²) < 4.78 is 6.34. The van der Waals surface area contributed by atoms with E-state index in [1.165, 1.54) is 5.56 Å². The summed E-state index contributed by atoms with van der Waals surface area (Å²) in [6.07, 6.45) is 3.32. The minimum atomic E-state index is -0.0185. The molecule has 1 saturated heterocycles. The van der Waals surface area contributed by atoms with Crippen LogP contribution in [0, 0.1) is 5.92 Å². The molecule has 2 atom stereocenters. The molecule has 2 unspecified atom stereocenters. The van der Waals surface area contributed by atoms with Crippen molar-refractivity contribution in [1.29, 1.82) is 0 Å². The molecule has 2 nitrogen and oxygen atoms in total. The van der Waals surface area contributed by atoms with Crippen molar-refractivity contribution in [2.75, 3.05) is 7.05 Å². The summed E-state index contributed by atoms with van der Waals surface area (Å²) in [4.78, 5) is 2.45. The average Bonchev–Trinajstić information content (AvgIpc) is 2.45. The van der Waals surface area contributed by atoms with Crippen LogP contribution in [-0.2, 0) is 11.3 Å². The Morgan fingerprint density at radius 1 is 1.24 bits per heavy atom. The molecule has 1 fully saturated rings. The highest BCUT2D eigenvalue weighted by atomic mass is 16.5. The van der Waals surface area contributed by atoms with Gasteiger partial charge in [-0.2, -0.15) is 0 Å². The maximum atomic E-state index is 6.34. The first-order valence-corrected chi connectivity index (χ1v) is 7.81. The predicted octanol–water partition coefficient (Wildman–Crippen LogP) is 4.27. The van der Waals surface area contributed by atoms with Gasteiger partial charge in [-0.1, -0.05) is 36.4 Å². The van der Waals surface area contributed by atoms with Gasteiger partial charge in [-0.3, -0.25) is 4.90 Å². The van der Waals surface area contributed by atoms with E-state index in [-0.39, 0.29) is 17.2 Å². The molecule has 1 aromatic carbocycles. The van der Waals surface area contributed by atoms with Crippen molar-refractivity contribution in [3.8, 4) is 0 Å². The number of hydrogen-bond acceptors (Lipinski definition) is 2. The number of benzene rings is 1. The van der Waals surface area contributed by atoms with Gasteiger partial charge < -0.3 is 4.74 Å². The summed E-state index contributed by atoms with van der Waals surface area (Å²) in [7, 11) is 2.21. The van der Waals surface area contributed by atoms with Crippen LogP contribution in [-0.4, -0.2) is 29.1 Å². The lowest BCUT2D eigenvalue weighted by Gasteiger charge is -2.57. The minimum absolute atomic E-state index is 0.0185. The molecule has 0 aromatic heterocycles. The highest BCUT2D eigenvalue weighted by Crippen LogP contribution is 2.42. The molecule has 1 aliphatic heterocycles. The van der Waals surface area contributed by atoms with Gasteiger partial charge in [0.2, 0.25) is 0 Å². The fourth-order valence-electron chi connectivity index (χ4n) is 3.61. The van der Waals surface area contributed by atoms with Crippen LogP contribution in [0.15, 0.2) is 43.0 Å². The monoisotopic (exact) mass is 287 g/mol. The summed E-state index contributed by atoms with van der Waals surface area (Å²) >= 11 is 0. The van der Waals surface area contributed by atoms with Crippen molar-refractivity contribution < 1.29 is 4.74 Å². The Bertz CT molecular complexity index is 478. The van der Waals surface area contributed by atoms with Crippen LogP contribution in [0.2, 0.25) is 0 Å². The number of hydrogen-bond donors (Lipinski definition) is 0. The molecule has 1 heterocycles. The number of ether oxygens (including phenoxy) is 1. The quantitative estimate of drug-likeness (QED) is 0.767. The summed E-state index contributed by atoms with van der Waals surface area (Å²) in [5.41, 5.74) is 1.37. The van der Waals surface area contributed by atoms with Crippen molar-refractivity contribution in [1.82, 2.24) is 4.90 Å². The van der Waals surface area contributed by atoms with E-state index >= 15 is 0 Å². The van der Waals surface area contributed by atoms with Gasteiger partial charge >= 0.3 is 0 Å².